The maximum absolute atomic E-state index is 5.47. The van der Waals surface area contributed by atoms with Crippen molar-refractivity contribution >= 4 is 21.6 Å². The first-order valence-electron chi connectivity index (χ1n) is 4.14. The van der Waals surface area contributed by atoms with Crippen molar-refractivity contribution in [2.75, 3.05) is 25.5 Å². The summed E-state index contributed by atoms with van der Waals surface area (Å²) >= 11 is 3.38. The highest BCUT2D eigenvalue weighted by Gasteiger charge is 1.92. The van der Waals surface area contributed by atoms with Gasteiger partial charge in [-0.3, -0.25) is 5.84 Å². The number of rotatable bonds is 4. The summed E-state index contributed by atoms with van der Waals surface area (Å²) in [5.74, 6) is 5.47. The van der Waals surface area contributed by atoms with Gasteiger partial charge in [-0.25, -0.2) is 5.01 Å². The van der Waals surface area contributed by atoms with Crippen LogP contribution < -0.4 is 11.2 Å². The van der Waals surface area contributed by atoms with Gasteiger partial charge in [-0.05, 0) is 24.3 Å². The van der Waals surface area contributed by atoms with E-state index >= 15 is 0 Å². The van der Waals surface area contributed by atoms with Gasteiger partial charge in [0, 0.05) is 30.3 Å². The summed E-state index contributed by atoms with van der Waals surface area (Å²) in [5.41, 5.74) is 1.12. The number of hydrogen-bond acceptors (Lipinski definition) is 3. The van der Waals surface area contributed by atoms with E-state index in [1.165, 1.54) is 0 Å². The van der Waals surface area contributed by atoms with Crippen LogP contribution in [0.25, 0.3) is 0 Å². The number of nitrogens with two attached hydrogens (primary N) is 1. The van der Waals surface area contributed by atoms with E-state index in [2.05, 4.69) is 21.2 Å². The fourth-order valence-corrected chi connectivity index (χ4v) is 1.21. The number of nitrogens with one attached hydrogen (secondary N) is 1. The molecular formula is C9H14BrN3. The van der Waals surface area contributed by atoms with Gasteiger partial charge in [0.1, 0.15) is 0 Å². The van der Waals surface area contributed by atoms with Gasteiger partial charge in [-0.15, -0.1) is 0 Å². The lowest BCUT2D eigenvalue weighted by Gasteiger charge is -2.10. The molecule has 0 aliphatic rings. The number of anilines is 1. The van der Waals surface area contributed by atoms with E-state index in [-0.39, 0.29) is 0 Å². The van der Waals surface area contributed by atoms with E-state index in [0.717, 1.165) is 23.2 Å². The van der Waals surface area contributed by atoms with Crippen molar-refractivity contribution in [3.05, 3.63) is 28.7 Å². The largest absolute Gasteiger partial charge is 0.384 e. The number of hydrogen-bond donors (Lipinski definition) is 2. The van der Waals surface area contributed by atoms with Crippen LogP contribution in [0.4, 0.5) is 5.69 Å². The van der Waals surface area contributed by atoms with Gasteiger partial charge in [-0.2, -0.15) is 0 Å². The molecule has 1 aromatic carbocycles. The van der Waals surface area contributed by atoms with E-state index in [9.17, 15) is 0 Å². The van der Waals surface area contributed by atoms with Crippen LogP contribution in [0, 0.1) is 0 Å². The van der Waals surface area contributed by atoms with E-state index in [0.29, 0.717) is 0 Å². The molecule has 4 heteroatoms. The minimum atomic E-state index is 0.829. The smallest absolute Gasteiger partial charge is 0.0341 e. The van der Waals surface area contributed by atoms with Crippen molar-refractivity contribution in [2.45, 2.75) is 0 Å². The van der Waals surface area contributed by atoms with Crippen LogP contribution in [0.3, 0.4) is 0 Å². The van der Waals surface area contributed by atoms with Crippen LogP contribution in [0.2, 0.25) is 0 Å². The third kappa shape index (κ3) is 4.26. The Hall–Kier alpha value is -0.580. The summed E-state index contributed by atoms with van der Waals surface area (Å²) in [4.78, 5) is 0. The van der Waals surface area contributed by atoms with Gasteiger partial charge in [-0.1, -0.05) is 15.9 Å². The summed E-state index contributed by atoms with van der Waals surface area (Å²) in [6.07, 6.45) is 0. The fraction of sp³-hybridized carbons (Fsp3) is 0.333. The van der Waals surface area contributed by atoms with Crippen LogP contribution in [-0.4, -0.2) is 25.1 Å². The van der Waals surface area contributed by atoms with Gasteiger partial charge >= 0.3 is 0 Å². The average molecular weight is 244 g/mol. The standard InChI is InChI=1S/C9H14BrN3/c1-13(11)7-6-12-9-4-2-8(10)3-5-9/h2-5,12H,6-7,11H2,1H3. The van der Waals surface area contributed by atoms with E-state index < -0.39 is 0 Å². The van der Waals surface area contributed by atoms with Gasteiger partial charge < -0.3 is 5.32 Å². The second kappa shape index (κ2) is 5.21. The van der Waals surface area contributed by atoms with Crippen molar-refractivity contribution < 1.29 is 0 Å². The number of halogens is 1. The molecule has 0 bridgehead atoms. The highest BCUT2D eigenvalue weighted by Crippen LogP contribution is 2.13. The Morgan fingerprint density at radius 2 is 2.00 bits per heavy atom. The normalized spacial score (nSPS) is 10.5. The summed E-state index contributed by atoms with van der Waals surface area (Å²) in [7, 11) is 1.85. The zero-order valence-electron chi connectivity index (χ0n) is 7.63. The van der Waals surface area contributed by atoms with Crippen LogP contribution in [-0.2, 0) is 0 Å². The summed E-state index contributed by atoms with van der Waals surface area (Å²) in [6.45, 7) is 1.69. The second-order valence-electron chi connectivity index (χ2n) is 2.91. The lowest BCUT2D eigenvalue weighted by atomic mass is 10.3. The molecule has 0 spiro atoms. The third-order valence-electron chi connectivity index (χ3n) is 1.64. The Labute approximate surface area is 87.0 Å². The molecule has 3 N–H and O–H groups in total. The predicted molar refractivity (Wildman–Crippen MR) is 59.4 cm³/mol. The average Bonchev–Trinajstić information content (AvgIpc) is 2.08. The van der Waals surface area contributed by atoms with E-state index in [4.69, 9.17) is 5.84 Å². The van der Waals surface area contributed by atoms with Gasteiger partial charge in [0.05, 0.1) is 0 Å². The fourth-order valence-electron chi connectivity index (χ4n) is 0.944. The first-order chi connectivity index (χ1) is 6.18. The number of likely N-dealkylation sites (N-methyl/N-ethyl adjacent to an activating group) is 1. The summed E-state index contributed by atoms with van der Waals surface area (Å²) in [6, 6.07) is 8.07. The van der Waals surface area contributed by atoms with E-state index in [1.807, 2.05) is 31.3 Å². The maximum Gasteiger partial charge on any atom is 0.0341 e. The Morgan fingerprint density at radius 3 is 2.54 bits per heavy atom. The molecule has 0 radical (unpaired) electrons. The molecule has 0 unspecified atom stereocenters. The Morgan fingerprint density at radius 1 is 1.38 bits per heavy atom. The highest BCUT2D eigenvalue weighted by atomic mass is 79.9. The minimum absolute atomic E-state index is 0.829. The van der Waals surface area contributed by atoms with Gasteiger partial charge in [0.25, 0.3) is 0 Å². The van der Waals surface area contributed by atoms with Crippen molar-refractivity contribution in [3.63, 3.8) is 0 Å². The number of hydrazine groups is 1. The molecule has 3 nitrogen and oxygen atoms in total. The molecule has 0 saturated heterocycles. The molecule has 0 aliphatic carbocycles. The first-order valence-corrected chi connectivity index (χ1v) is 4.93. The predicted octanol–water partition coefficient (Wildman–Crippen LogP) is 1.67. The number of benzene rings is 1. The number of nitrogens with zero attached hydrogens (tertiary/aromatic N) is 1. The van der Waals surface area contributed by atoms with Crippen molar-refractivity contribution in [1.29, 1.82) is 0 Å². The van der Waals surface area contributed by atoms with Crippen LogP contribution in [0.15, 0.2) is 28.7 Å². The summed E-state index contributed by atoms with van der Waals surface area (Å²) in [5, 5.41) is 4.92. The molecule has 0 fully saturated rings. The van der Waals surface area contributed by atoms with Crippen molar-refractivity contribution in [2.24, 2.45) is 5.84 Å². The summed E-state index contributed by atoms with van der Waals surface area (Å²) < 4.78 is 1.09. The quantitative estimate of drug-likeness (QED) is 0.625. The van der Waals surface area contributed by atoms with Crippen LogP contribution >= 0.6 is 15.9 Å². The molecule has 72 valence electrons. The molecule has 1 rings (SSSR count). The third-order valence-corrected chi connectivity index (χ3v) is 2.17. The Balaban J connectivity index is 2.33. The molecule has 1 aromatic rings. The van der Waals surface area contributed by atoms with Crippen molar-refractivity contribution in [3.8, 4) is 0 Å². The van der Waals surface area contributed by atoms with Crippen LogP contribution in [0.5, 0.6) is 0 Å². The van der Waals surface area contributed by atoms with Gasteiger partial charge in [0.2, 0.25) is 0 Å². The molecule has 0 atom stereocenters. The topological polar surface area (TPSA) is 41.3 Å². The van der Waals surface area contributed by atoms with Gasteiger partial charge in [0.15, 0.2) is 0 Å². The monoisotopic (exact) mass is 243 g/mol. The Bertz CT molecular complexity index is 246. The zero-order chi connectivity index (χ0) is 9.68. The molecule has 0 heterocycles. The zero-order valence-corrected chi connectivity index (χ0v) is 9.21. The highest BCUT2D eigenvalue weighted by molar-refractivity contribution is 9.10. The molecular weight excluding hydrogens is 230 g/mol. The van der Waals surface area contributed by atoms with Crippen molar-refractivity contribution in [1.82, 2.24) is 5.01 Å². The minimum Gasteiger partial charge on any atom is -0.384 e. The van der Waals surface area contributed by atoms with Crippen LogP contribution in [0.1, 0.15) is 0 Å². The first kappa shape index (κ1) is 10.5. The molecule has 0 aliphatic heterocycles. The Kier molecular flexibility index (Phi) is 4.21. The maximum atomic E-state index is 5.47. The molecule has 0 aromatic heterocycles. The molecule has 0 amide bonds. The second-order valence-corrected chi connectivity index (χ2v) is 3.83. The lowest BCUT2D eigenvalue weighted by molar-refractivity contribution is 0.363. The van der Waals surface area contributed by atoms with E-state index in [1.54, 1.807) is 5.01 Å². The SMILES string of the molecule is CN(N)CCNc1ccc(Br)cc1. The molecule has 13 heavy (non-hydrogen) atoms. The molecule has 0 saturated carbocycles. The lowest BCUT2D eigenvalue weighted by Crippen LogP contribution is -2.31.